The second kappa shape index (κ2) is 6.63. The van der Waals surface area contributed by atoms with Crippen molar-refractivity contribution < 1.29 is 0 Å². The molecule has 5 heterocycles. The molecule has 5 aromatic heterocycles. The molecule has 6 heteroatoms. The van der Waals surface area contributed by atoms with Crippen molar-refractivity contribution in [2.24, 2.45) is 0 Å². The predicted molar refractivity (Wildman–Crippen MR) is 118 cm³/mol. The summed E-state index contributed by atoms with van der Waals surface area (Å²) in [5.41, 5.74) is 7.91. The Balaban J connectivity index is 1.52. The molecule has 6 rings (SSSR count). The van der Waals surface area contributed by atoms with E-state index in [4.69, 9.17) is 0 Å². The first-order valence-corrected chi connectivity index (χ1v) is 9.64. The van der Waals surface area contributed by atoms with Crippen molar-refractivity contribution in [3.05, 3.63) is 85.6 Å². The Kier molecular flexibility index (Phi) is 3.67. The van der Waals surface area contributed by atoms with Gasteiger partial charge in [-0.1, -0.05) is 18.2 Å². The number of nitrogens with zero attached hydrogens (tertiary/aromatic N) is 4. The minimum Gasteiger partial charge on any atom is -0.338 e. The molecule has 0 radical (unpaired) electrons. The second-order valence-corrected chi connectivity index (χ2v) is 7.12. The Hall–Kier alpha value is -4.32. The van der Waals surface area contributed by atoms with Crippen LogP contribution >= 0.6 is 0 Å². The summed E-state index contributed by atoms with van der Waals surface area (Å²) < 4.78 is 0. The molecule has 0 amide bonds. The second-order valence-electron chi connectivity index (χ2n) is 7.12. The molecule has 0 saturated heterocycles. The molecule has 0 bridgehead atoms. The molecule has 30 heavy (non-hydrogen) atoms. The molecule has 0 unspecified atom stereocenters. The Labute approximate surface area is 171 Å². The number of fused-ring (bicyclic) bond motifs is 2. The maximum absolute atomic E-state index is 4.59. The predicted octanol–water partition coefficient (Wildman–Crippen LogP) is 5.23. The largest absolute Gasteiger partial charge is 0.338 e. The summed E-state index contributed by atoms with van der Waals surface area (Å²) in [7, 11) is 0. The molecule has 1 aromatic carbocycles. The van der Waals surface area contributed by atoms with Crippen LogP contribution in [0.4, 0.5) is 0 Å². The number of pyridine rings is 3. The van der Waals surface area contributed by atoms with E-state index in [-0.39, 0.29) is 0 Å². The van der Waals surface area contributed by atoms with E-state index in [1.165, 1.54) is 0 Å². The number of rotatable bonds is 3. The van der Waals surface area contributed by atoms with Crippen LogP contribution in [-0.2, 0) is 0 Å². The summed E-state index contributed by atoms with van der Waals surface area (Å²) in [4.78, 5) is 16.4. The van der Waals surface area contributed by atoms with Crippen molar-refractivity contribution in [2.75, 3.05) is 0 Å². The smallest absolute Gasteiger partial charge is 0.138 e. The normalized spacial score (nSPS) is 11.3. The van der Waals surface area contributed by atoms with Gasteiger partial charge in [-0.2, -0.15) is 5.10 Å². The quantitative estimate of drug-likeness (QED) is 0.435. The van der Waals surface area contributed by atoms with Crippen molar-refractivity contribution >= 4 is 21.9 Å². The van der Waals surface area contributed by atoms with Gasteiger partial charge in [0.05, 0.1) is 11.2 Å². The number of benzene rings is 1. The SMILES string of the molecule is c1cncc(-c2ccc3[nH]nc(-c4cc5c(-c6cccnc6)ccnc5[nH]4)c3c2)c1. The molecule has 0 atom stereocenters. The van der Waals surface area contributed by atoms with Crippen molar-refractivity contribution in [1.29, 1.82) is 0 Å². The molecule has 2 N–H and O–H groups in total. The zero-order valence-electron chi connectivity index (χ0n) is 15.9. The summed E-state index contributed by atoms with van der Waals surface area (Å²) in [6, 6.07) is 18.4. The third-order valence-corrected chi connectivity index (χ3v) is 5.32. The van der Waals surface area contributed by atoms with Gasteiger partial charge in [-0.25, -0.2) is 4.98 Å². The van der Waals surface area contributed by atoms with Crippen molar-refractivity contribution in [3.63, 3.8) is 0 Å². The highest BCUT2D eigenvalue weighted by molar-refractivity contribution is 6.00. The number of hydrogen-bond acceptors (Lipinski definition) is 4. The first kappa shape index (κ1) is 16.6. The highest BCUT2D eigenvalue weighted by Gasteiger charge is 2.15. The lowest BCUT2D eigenvalue weighted by molar-refractivity contribution is 1.12. The Morgan fingerprint density at radius 1 is 0.700 bits per heavy atom. The molecule has 6 aromatic rings. The standard InChI is InChI=1S/C24H16N6/c1-3-16(13-25-8-1)15-5-6-21-20(11-15)23(30-29-21)22-12-19-18(7-10-27-24(19)28-22)17-4-2-9-26-14-17/h1-14H,(H,27,28)(H,29,30). The number of aromatic amines is 2. The van der Waals surface area contributed by atoms with Gasteiger partial charge >= 0.3 is 0 Å². The van der Waals surface area contributed by atoms with Crippen LogP contribution in [0.1, 0.15) is 0 Å². The molecule has 6 nitrogen and oxygen atoms in total. The van der Waals surface area contributed by atoms with Crippen molar-refractivity contribution in [2.45, 2.75) is 0 Å². The van der Waals surface area contributed by atoms with E-state index in [1.807, 2.05) is 36.8 Å². The minimum atomic E-state index is 0.825. The van der Waals surface area contributed by atoms with Crippen LogP contribution in [0.15, 0.2) is 85.6 Å². The minimum absolute atomic E-state index is 0.825. The van der Waals surface area contributed by atoms with Crippen LogP contribution in [0.5, 0.6) is 0 Å². The lowest BCUT2D eigenvalue weighted by atomic mass is 10.0. The molecule has 0 saturated carbocycles. The van der Waals surface area contributed by atoms with E-state index in [2.05, 4.69) is 66.5 Å². The summed E-state index contributed by atoms with van der Waals surface area (Å²) in [5, 5.41) is 9.81. The van der Waals surface area contributed by atoms with Gasteiger partial charge in [0, 0.05) is 52.9 Å². The Morgan fingerprint density at radius 2 is 1.53 bits per heavy atom. The molecule has 0 aliphatic rings. The van der Waals surface area contributed by atoms with Gasteiger partial charge in [0.25, 0.3) is 0 Å². The fourth-order valence-electron chi connectivity index (χ4n) is 3.86. The lowest BCUT2D eigenvalue weighted by Crippen LogP contribution is -1.82. The molecular weight excluding hydrogens is 372 g/mol. The maximum Gasteiger partial charge on any atom is 0.138 e. The van der Waals surface area contributed by atoms with Crippen LogP contribution in [0, 0.1) is 0 Å². The first-order chi connectivity index (χ1) is 14.9. The van der Waals surface area contributed by atoms with E-state index in [1.54, 1.807) is 12.4 Å². The first-order valence-electron chi connectivity index (χ1n) is 9.64. The number of hydrogen-bond donors (Lipinski definition) is 2. The summed E-state index contributed by atoms with van der Waals surface area (Å²) in [6.45, 7) is 0. The van der Waals surface area contributed by atoms with E-state index < -0.39 is 0 Å². The average Bonchev–Trinajstić information content (AvgIpc) is 3.43. The fraction of sp³-hybridized carbons (Fsp3) is 0. The van der Waals surface area contributed by atoms with Crippen LogP contribution in [-0.4, -0.2) is 30.1 Å². The van der Waals surface area contributed by atoms with Gasteiger partial charge < -0.3 is 4.98 Å². The van der Waals surface area contributed by atoms with E-state index in [0.29, 0.717) is 0 Å². The monoisotopic (exact) mass is 388 g/mol. The maximum atomic E-state index is 4.59. The van der Waals surface area contributed by atoms with Crippen molar-refractivity contribution in [1.82, 2.24) is 30.1 Å². The average molecular weight is 388 g/mol. The molecule has 0 aliphatic heterocycles. The highest BCUT2D eigenvalue weighted by atomic mass is 15.1. The molecule has 0 fully saturated rings. The summed E-state index contributed by atoms with van der Waals surface area (Å²) in [6.07, 6.45) is 9.11. The number of aromatic nitrogens is 6. The Morgan fingerprint density at radius 3 is 2.33 bits per heavy atom. The summed E-state index contributed by atoms with van der Waals surface area (Å²) in [5.74, 6) is 0. The van der Waals surface area contributed by atoms with Gasteiger partial charge in [-0.05, 0) is 47.5 Å². The molecule has 142 valence electrons. The number of H-pyrrole nitrogens is 2. The lowest BCUT2D eigenvalue weighted by Gasteiger charge is -2.01. The van der Waals surface area contributed by atoms with Gasteiger partial charge in [0.15, 0.2) is 0 Å². The topological polar surface area (TPSA) is 83.1 Å². The molecule has 0 aliphatic carbocycles. The number of nitrogens with one attached hydrogen (secondary N) is 2. The molecule has 0 spiro atoms. The van der Waals surface area contributed by atoms with Crippen LogP contribution < -0.4 is 0 Å². The fourth-order valence-corrected chi connectivity index (χ4v) is 3.86. The molecular formula is C24H16N6. The highest BCUT2D eigenvalue weighted by Crippen LogP contribution is 2.34. The van der Waals surface area contributed by atoms with Crippen molar-refractivity contribution in [3.8, 4) is 33.6 Å². The van der Waals surface area contributed by atoms with E-state index >= 15 is 0 Å². The Bertz CT molecular complexity index is 1480. The third kappa shape index (κ3) is 2.66. The van der Waals surface area contributed by atoms with E-state index in [0.717, 1.165) is 55.6 Å². The van der Waals surface area contributed by atoms with E-state index in [9.17, 15) is 0 Å². The van der Waals surface area contributed by atoms with Crippen LogP contribution in [0.25, 0.3) is 55.6 Å². The third-order valence-electron chi connectivity index (χ3n) is 5.32. The van der Waals surface area contributed by atoms with Gasteiger partial charge in [0.2, 0.25) is 0 Å². The van der Waals surface area contributed by atoms with Gasteiger partial charge in [0.1, 0.15) is 11.3 Å². The van der Waals surface area contributed by atoms with Gasteiger partial charge in [-0.3, -0.25) is 15.1 Å². The van der Waals surface area contributed by atoms with Gasteiger partial charge in [-0.15, -0.1) is 0 Å². The van der Waals surface area contributed by atoms with Crippen LogP contribution in [0.2, 0.25) is 0 Å². The summed E-state index contributed by atoms with van der Waals surface area (Å²) >= 11 is 0. The van der Waals surface area contributed by atoms with Crippen LogP contribution in [0.3, 0.4) is 0 Å². The zero-order chi connectivity index (χ0) is 19.9. The zero-order valence-corrected chi connectivity index (χ0v) is 15.9.